The zero-order valence-corrected chi connectivity index (χ0v) is 17.2. The molecule has 0 unspecified atom stereocenters. The summed E-state index contributed by atoms with van der Waals surface area (Å²) in [5, 5.41) is 13.5. The minimum absolute atomic E-state index is 0.0547. The van der Waals surface area contributed by atoms with Crippen molar-refractivity contribution < 1.29 is 4.79 Å². The molecular formula is C18H23N5OS2. The molecule has 0 aliphatic carbocycles. The molecule has 3 aromatic rings. The van der Waals surface area contributed by atoms with Crippen LogP contribution in [0.4, 0.5) is 10.9 Å². The monoisotopic (exact) mass is 389 g/mol. The van der Waals surface area contributed by atoms with E-state index in [0.717, 1.165) is 32.1 Å². The number of rotatable bonds is 5. The van der Waals surface area contributed by atoms with Gasteiger partial charge in [0.2, 0.25) is 5.91 Å². The highest BCUT2D eigenvalue weighted by atomic mass is 32.1. The van der Waals surface area contributed by atoms with Crippen molar-refractivity contribution in [3.63, 3.8) is 0 Å². The van der Waals surface area contributed by atoms with E-state index in [9.17, 15) is 4.79 Å². The summed E-state index contributed by atoms with van der Waals surface area (Å²) < 4.78 is 1.80. The molecule has 6 nitrogen and oxygen atoms in total. The van der Waals surface area contributed by atoms with Crippen molar-refractivity contribution in [2.75, 3.05) is 5.32 Å². The largest absolute Gasteiger partial charge is 0.351 e. The molecule has 0 saturated heterocycles. The van der Waals surface area contributed by atoms with Crippen molar-refractivity contribution >= 4 is 39.5 Å². The first-order valence-electron chi connectivity index (χ1n) is 8.33. The van der Waals surface area contributed by atoms with E-state index in [4.69, 9.17) is 0 Å². The van der Waals surface area contributed by atoms with E-state index in [0.29, 0.717) is 6.54 Å². The number of anilines is 2. The summed E-state index contributed by atoms with van der Waals surface area (Å²) in [6.45, 7) is 8.25. The number of nitrogens with one attached hydrogen (secondary N) is 2. The third-order valence-electron chi connectivity index (χ3n) is 3.76. The van der Waals surface area contributed by atoms with Gasteiger partial charge in [-0.25, -0.2) is 4.98 Å². The molecule has 0 radical (unpaired) electrons. The minimum Gasteiger partial charge on any atom is -0.351 e. The number of aryl methyl sites for hydroxylation is 2. The summed E-state index contributed by atoms with van der Waals surface area (Å²) in [6.07, 6.45) is 0. The molecule has 3 heterocycles. The van der Waals surface area contributed by atoms with Crippen LogP contribution in [0.15, 0.2) is 23.6 Å². The van der Waals surface area contributed by atoms with E-state index >= 15 is 0 Å². The fourth-order valence-electron chi connectivity index (χ4n) is 2.32. The molecule has 0 atom stereocenters. The van der Waals surface area contributed by atoms with Gasteiger partial charge in [-0.1, -0.05) is 20.8 Å². The van der Waals surface area contributed by atoms with E-state index in [-0.39, 0.29) is 11.3 Å². The Labute approximate surface area is 161 Å². The molecule has 0 aliphatic rings. The van der Waals surface area contributed by atoms with Crippen LogP contribution >= 0.6 is 22.7 Å². The van der Waals surface area contributed by atoms with Gasteiger partial charge in [-0.15, -0.1) is 22.7 Å². The van der Waals surface area contributed by atoms with E-state index in [1.807, 2.05) is 52.3 Å². The van der Waals surface area contributed by atoms with Gasteiger partial charge in [0.15, 0.2) is 5.13 Å². The molecular weight excluding hydrogens is 366 g/mol. The molecule has 3 aromatic heterocycles. The Hall–Kier alpha value is -2.19. The predicted molar refractivity (Wildman–Crippen MR) is 108 cm³/mol. The van der Waals surface area contributed by atoms with Crippen molar-refractivity contribution in [1.29, 1.82) is 0 Å². The minimum atomic E-state index is -0.375. The maximum Gasteiger partial charge on any atom is 0.225 e. The molecule has 3 rings (SSSR count). The second-order valence-electron chi connectivity index (χ2n) is 7.16. The van der Waals surface area contributed by atoms with Gasteiger partial charge in [0.05, 0.1) is 22.8 Å². The third-order valence-corrected chi connectivity index (χ3v) is 5.63. The van der Waals surface area contributed by atoms with Crippen molar-refractivity contribution in [2.24, 2.45) is 12.5 Å². The Morgan fingerprint density at radius 2 is 2.08 bits per heavy atom. The lowest BCUT2D eigenvalue weighted by Gasteiger charge is -2.17. The van der Waals surface area contributed by atoms with Crippen LogP contribution in [0.25, 0.3) is 10.6 Å². The van der Waals surface area contributed by atoms with Crippen LogP contribution in [-0.2, 0) is 18.4 Å². The first-order chi connectivity index (χ1) is 12.2. The highest BCUT2D eigenvalue weighted by Gasteiger charge is 2.20. The molecule has 2 N–H and O–H groups in total. The van der Waals surface area contributed by atoms with Crippen LogP contribution < -0.4 is 10.6 Å². The van der Waals surface area contributed by atoms with Crippen LogP contribution in [0, 0.1) is 12.3 Å². The summed E-state index contributed by atoms with van der Waals surface area (Å²) in [5.41, 5.74) is 1.53. The van der Waals surface area contributed by atoms with Crippen molar-refractivity contribution in [3.05, 3.63) is 34.2 Å². The maximum absolute atomic E-state index is 12.0. The lowest BCUT2D eigenvalue weighted by atomic mass is 9.96. The molecule has 0 bridgehead atoms. The van der Waals surface area contributed by atoms with Gasteiger partial charge in [-0.2, -0.15) is 5.10 Å². The highest BCUT2D eigenvalue weighted by molar-refractivity contribution is 7.17. The summed E-state index contributed by atoms with van der Waals surface area (Å²) >= 11 is 3.21. The Balaban J connectivity index is 1.65. The number of thiophene rings is 1. The first kappa shape index (κ1) is 18.6. The molecule has 138 valence electrons. The fourth-order valence-corrected chi connectivity index (χ4v) is 4.02. The van der Waals surface area contributed by atoms with Gasteiger partial charge in [0.25, 0.3) is 0 Å². The number of hydrogen-bond acceptors (Lipinski definition) is 6. The van der Waals surface area contributed by atoms with Crippen molar-refractivity contribution in [1.82, 2.24) is 20.1 Å². The summed E-state index contributed by atoms with van der Waals surface area (Å²) in [6, 6.07) is 6.08. The summed E-state index contributed by atoms with van der Waals surface area (Å²) in [5.74, 6) is 0.972. The number of carbonyl (C=O) groups excluding carboxylic acids is 1. The van der Waals surface area contributed by atoms with Gasteiger partial charge >= 0.3 is 0 Å². The SMILES string of the molecule is Cc1cc(Nc2nc(-c3ccc(CNC(=O)C(C)(C)C)s3)cs2)n(C)n1. The molecule has 0 aliphatic heterocycles. The standard InChI is InChI=1S/C18H23N5OS2/c1-11-8-15(23(5)22-11)21-17-20-13(10-25-17)14-7-6-12(26-14)9-19-16(24)18(2,3)4/h6-8,10H,9H2,1-5H3,(H,19,24)(H,20,21). The van der Waals surface area contributed by atoms with Crippen molar-refractivity contribution in [3.8, 4) is 10.6 Å². The Kier molecular flexibility index (Phi) is 5.15. The quantitative estimate of drug-likeness (QED) is 0.682. The highest BCUT2D eigenvalue weighted by Crippen LogP contribution is 2.32. The average Bonchev–Trinajstić information content (AvgIpc) is 3.25. The number of nitrogens with zero attached hydrogens (tertiary/aromatic N) is 3. The van der Waals surface area contributed by atoms with E-state index in [2.05, 4.69) is 26.8 Å². The molecule has 0 fully saturated rings. The van der Waals surface area contributed by atoms with Gasteiger partial charge in [0.1, 0.15) is 5.82 Å². The van der Waals surface area contributed by atoms with Crippen molar-refractivity contribution in [2.45, 2.75) is 34.2 Å². The normalized spacial score (nSPS) is 11.6. The number of carbonyl (C=O) groups is 1. The predicted octanol–water partition coefficient (Wildman–Crippen LogP) is 4.32. The number of aromatic nitrogens is 3. The third kappa shape index (κ3) is 4.31. The first-order valence-corrected chi connectivity index (χ1v) is 10.0. The van der Waals surface area contributed by atoms with Crippen LogP contribution in [0.2, 0.25) is 0 Å². The number of amides is 1. The summed E-state index contributed by atoms with van der Waals surface area (Å²) in [4.78, 5) is 18.9. The second-order valence-corrected chi connectivity index (χ2v) is 9.18. The number of thiazole rings is 1. The zero-order chi connectivity index (χ0) is 18.9. The van der Waals surface area contributed by atoms with Gasteiger partial charge in [0, 0.05) is 28.8 Å². The van der Waals surface area contributed by atoms with Gasteiger partial charge in [-0.3, -0.25) is 9.48 Å². The lowest BCUT2D eigenvalue weighted by Crippen LogP contribution is -2.34. The average molecular weight is 390 g/mol. The smallest absolute Gasteiger partial charge is 0.225 e. The molecule has 0 spiro atoms. The fraction of sp³-hybridized carbons (Fsp3) is 0.389. The van der Waals surface area contributed by atoms with Gasteiger partial charge < -0.3 is 10.6 Å². The summed E-state index contributed by atoms with van der Waals surface area (Å²) in [7, 11) is 1.90. The maximum atomic E-state index is 12.0. The lowest BCUT2D eigenvalue weighted by molar-refractivity contribution is -0.128. The second kappa shape index (κ2) is 7.20. The molecule has 8 heteroatoms. The number of hydrogen-bond donors (Lipinski definition) is 2. The van der Waals surface area contributed by atoms with Crippen LogP contribution in [0.5, 0.6) is 0 Å². The van der Waals surface area contributed by atoms with E-state index in [1.165, 1.54) is 0 Å². The topological polar surface area (TPSA) is 71.8 Å². The van der Waals surface area contributed by atoms with Gasteiger partial charge in [-0.05, 0) is 19.1 Å². The van der Waals surface area contributed by atoms with E-state index in [1.54, 1.807) is 27.4 Å². The molecule has 26 heavy (non-hydrogen) atoms. The Bertz CT molecular complexity index is 916. The molecule has 0 saturated carbocycles. The van der Waals surface area contributed by atoms with Crippen LogP contribution in [0.3, 0.4) is 0 Å². The Morgan fingerprint density at radius 3 is 2.73 bits per heavy atom. The zero-order valence-electron chi connectivity index (χ0n) is 15.6. The van der Waals surface area contributed by atoms with E-state index < -0.39 is 0 Å². The van der Waals surface area contributed by atoms with Crippen LogP contribution in [0.1, 0.15) is 31.3 Å². The van der Waals surface area contributed by atoms with Crippen LogP contribution in [-0.4, -0.2) is 20.7 Å². The Morgan fingerprint density at radius 1 is 1.31 bits per heavy atom. The molecule has 1 amide bonds. The molecule has 0 aromatic carbocycles.